The first-order valence-corrected chi connectivity index (χ1v) is 4.94. The molecule has 3 atom stereocenters. The molecule has 1 aliphatic heterocycles. The van der Waals surface area contributed by atoms with Crippen LogP contribution >= 0.6 is 0 Å². The van der Waals surface area contributed by atoms with E-state index in [9.17, 15) is 0 Å². The van der Waals surface area contributed by atoms with Crippen LogP contribution in [-0.4, -0.2) is 50.0 Å². The average Bonchev–Trinajstić information content (AvgIpc) is 2.27. The van der Waals surface area contributed by atoms with E-state index >= 15 is 0 Å². The van der Waals surface area contributed by atoms with Crippen molar-refractivity contribution in [1.82, 2.24) is 4.90 Å². The van der Waals surface area contributed by atoms with Gasteiger partial charge >= 0.3 is 0 Å². The van der Waals surface area contributed by atoms with Crippen LogP contribution in [0.25, 0.3) is 0 Å². The van der Waals surface area contributed by atoms with Gasteiger partial charge in [0, 0.05) is 19.7 Å². The third-order valence-corrected chi connectivity index (χ3v) is 2.72. The van der Waals surface area contributed by atoms with Crippen molar-refractivity contribution < 1.29 is 9.47 Å². The zero-order chi connectivity index (χ0) is 10.0. The van der Waals surface area contributed by atoms with Gasteiger partial charge in [-0.15, -0.1) is 0 Å². The van der Waals surface area contributed by atoms with E-state index in [1.165, 1.54) is 0 Å². The molecule has 0 aliphatic carbocycles. The molecule has 0 saturated carbocycles. The molecule has 1 heterocycles. The van der Waals surface area contributed by atoms with Crippen LogP contribution in [0.4, 0.5) is 0 Å². The molecule has 1 aliphatic rings. The van der Waals surface area contributed by atoms with Gasteiger partial charge in [0.05, 0.1) is 18.3 Å². The minimum Gasteiger partial charge on any atom is -0.377 e. The fourth-order valence-corrected chi connectivity index (χ4v) is 1.93. The zero-order valence-electron chi connectivity index (χ0n) is 9.28. The normalized spacial score (nSPS) is 36.0. The molecule has 1 saturated heterocycles. The van der Waals surface area contributed by atoms with E-state index < -0.39 is 0 Å². The summed E-state index contributed by atoms with van der Waals surface area (Å²) in [5.41, 5.74) is 0. The van der Waals surface area contributed by atoms with E-state index in [1.54, 1.807) is 7.11 Å². The van der Waals surface area contributed by atoms with E-state index in [0.29, 0.717) is 6.04 Å². The van der Waals surface area contributed by atoms with Gasteiger partial charge in [-0.1, -0.05) is 0 Å². The average molecular weight is 187 g/mol. The topological polar surface area (TPSA) is 21.7 Å². The van der Waals surface area contributed by atoms with Crippen LogP contribution in [0.5, 0.6) is 0 Å². The van der Waals surface area contributed by atoms with Crippen molar-refractivity contribution in [3.8, 4) is 0 Å². The van der Waals surface area contributed by atoms with Crippen molar-refractivity contribution in [3.63, 3.8) is 0 Å². The maximum Gasteiger partial charge on any atom is 0.0997 e. The SMILES string of the molecule is COC1C(OC(C)C)CN(C)C1C. The lowest BCUT2D eigenvalue weighted by molar-refractivity contribution is -0.0608. The molecule has 0 bridgehead atoms. The van der Waals surface area contributed by atoms with E-state index in [1.807, 2.05) is 0 Å². The van der Waals surface area contributed by atoms with Gasteiger partial charge in [-0.05, 0) is 27.8 Å². The molecule has 3 heteroatoms. The van der Waals surface area contributed by atoms with E-state index in [2.05, 4.69) is 32.7 Å². The molecule has 1 rings (SSSR count). The third-order valence-electron chi connectivity index (χ3n) is 2.72. The fourth-order valence-electron chi connectivity index (χ4n) is 1.93. The smallest absolute Gasteiger partial charge is 0.0997 e. The number of likely N-dealkylation sites (N-methyl/N-ethyl adjacent to an activating group) is 1. The predicted octanol–water partition coefficient (Wildman–Crippen LogP) is 1.13. The van der Waals surface area contributed by atoms with Gasteiger partial charge in [0.2, 0.25) is 0 Å². The van der Waals surface area contributed by atoms with Crippen molar-refractivity contribution >= 4 is 0 Å². The van der Waals surface area contributed by atoms with Crippen molar-refractivity contribution in [3.05, 3.63) is 0 Å². The summed E-state index contributed by atoms with van der Waals surface area (Å²) in [6, 6.07) is 0.453. The second-order valence-corrected chi connectivity index (χ2v) is 4.10. The highest BCUT2D eigenvalue weighted by atomic mass is 16.5. The standard InChI is InChI=1S/C10H21NO2/c1-7(2)13-9-6-11(4)8(3)10(9)12-5/h7-10H,6H2,1-5H3. The van der Waals surface area contributed by atoms with Gasteiger partial charge in [0.25, 0.3) is 0 Å². The van der Waals surface area contributed by atoms with Crippen molar-refractivity contribution in [2.45, 2.75) is 45.1 Å². The minimum atomic E-state index is 0.215. The lowest BCUT2D eigenvalue weighted by atomic mass is 10.1. The van der Waals surface area contributed by atoms with Crippen molar-refractivity contribution in [2.24, 2.45) is 0 Å². The minimum absolute atomic E-state index is 0.215. The summed E-state index contributed by atoms with van der Waals surface area (Å²) in [4.78, 5) is 2.28. The summed E-state index contributed by atoms with van der Waals surface area (Å²) in [6.07, 6.45) is 0.721. The molecule has 0 amide bonds. The van der Waals surface area contributed by atoms with E-state index in [0.717, 1.165) is 6.54 Å². The van der Waals surface area contributed by atoms with Crippen LogP contribution in [0, 0.1) is 0 Å². The number of rotatable bonds is 3. The molecule has 0 aromatic carbocycles. The fraction of sp³-hybridized carbons (Fsp3) is 1.00. The Bertz CT molecular complexity index is 159. The summed E-state index contributed by atoms with van der Waals surface area (Å²) >= 11 is 0. The Morgan fingerprint density at radius 1 is 1.38 bits per heavy atom. The molecule has 0 N–H and O–H groups in total. The molecule has 0 radical (unpaired) electrons. The van der Waals surface area contributed by atoms with Gasteiger partial charge in [-0.25, -0.2) is 0 Å². The summed E-state index contributed by atoms with van der Waals surface area (Å²) in [6.45, 7) is 7.28. The first-order valence-electron chi connectivity index (χ1n) is 4.94. The summed E-state index contributed by atoms with van der Waals surface area (Å²) in [5.74, 6) is 0. The molecule has 13 heavy (non-hydrogen) atoms. The van der Waals surface area contributed by atoms with Gasteiger partial charge in [0.15, 0.2) is 0 Å². The first-order chi connectivity index (χ1) is 6.06. The predicted molar refractivity (Wildman–Crippen MR) is 52.9 cm³/mol. The summed E-state index contributed by atoms with van der Waals surface area (Å²) in [5, 5.41) is 0. The highest BCUT2D eigenvalue weighted by molar-refractivity contribution is 4.91. The molecule has 0 aromatic rings. The number of nitrogens with zero attached hydrogens (tertiary/aromatic N) is 1. The number of hydrogen-bond acceptors (Lipinski definition) is 3. The number of likely N-dealkylation sites (tertiary alicyclic amines) is 1. The molecular formula is C10H21NO2. The van der Waals surface area contributed by atoms with Gasteiger partial charge in [-0.3, -0.25) is 4.90 Å². The molecular weight excluding hydrogens is 166 g/mol. The Balaban J connectivity index is 2.54. The van der Waals surface area contributed by atoms with E-state index in [-0.39, 0.29) is 18.3 Å². The molecule has 1 fully saturated rings. The third kappa shape index (κ3) is 2.42. The number of ether oxygens (including phenoxy) is 2. The Kier molecular flexibility index (Phi) is 3.71. The Morgan fingerprint density at radius 3 is 2.46 bits per heavy atom. The lowest BCUT2D eigenvalue weighted by Gasteiger charge is -2.22. The second-order valence-electron chi connectivity index (χ2n) is 4.10. The quantitative estimate of drug-likeness (QED) is 0.661. The maximum atomic E-state index is 5.79. The highest BCUT2D eigenvalue weighted by Gasteiger charge is 2.38. The summed E-state index contributed by atoms with van der Waals surface area (Å²) < 4.78 is 11.2. The molecule has 3 nitrogen and oxygen atoms in total. The van der Waals surface area contributed by atoms with Crippen LogP contribution in [0.15, 0.2) is 0 Å². The molecule has 0 aromatic heterocycles. The Labute approximate surface area is 81.0 Å². The Hall–Kier alpha value is -0.120. The van der Waals surface area contributed by atoms with E-state index in [4.69, 9.17) is 9.47 Å². The van der Waals surface area contributed by atoms with Gasteiger partial charge in [0.1, 0.15) is 0 Å². The number of hydrogen-bond donors (Lipinski definition) is 0. The Morgan fingerprint density at radius 2 is 2.00 bits per heavy atom. The van der Waals surface area contributed by atoms with Crippen LogP contribution in [-0.2, 0) is 9.47 Å². The van der Waals surface area contributed by atoms with Gasteiger partial charge < -0.3 is 9.47 Å². The van der Waals surface area contributed by atoms with Crippen molar-refractivity contribution in [1.29, 1.82) is 0 Å². The first kappa shape index (κ1) is 11.0. The van der Waals surface area contributed by atoms with Crippen LogP contribution in [0.2, 0.25) is 0 Å². The molecule has 78 valence electrons. The largest absolute Gasteiger partial charge is 0.377 e. The zero-order valence-corrected chi connectivity index (χ0v) is 9.28. The van der Waals surface area contributed by atoms with Gasteiger partial charge in [-0.2, -0.15) is 0 Å². The van der Waals surface area contributed by atoms with Crippen LogP contribution in [0.3, 0.4) is 0 Å². The second kappa shape index (κ2) is 4.40. The lowest BCUT2D eigenvalue weighted by Crippen LogP contribution is -2.35. The monoisotopic (exact) mass is 187 g/mol. The maximum absolute atomic E-state index is 5.79. The summed E-state index contributed by atoms with van der Waals surface area (Å²) in [7, 11) is 3.87. The molecule has 3 unspecified atom stereocenters. The van der Waals surface area contributed by atoms with Crippen LogP contribution < -0.4 is 0 Å². The number of methoxy groups -OCH3 is 1. The van der Waals surface area contributed by atoms with Crippen LogP contribution in [0.1, 0.15) is 20.8 Å². The highest BCUT2D eigenvalue weighted by Crippen LogP contribution is 2.22. The molecule has 0 spiro atoms. The van der Waals surface area contributed by atoms with Crippen molar-refractivity contribution in [2.75, 3.05) is 20.7 Å².